The van der Waals surface area contributed by atoms with Crippen LogP contribution in [0.3, 0.4) is 0 Å². The van der Waals surface area contributed by atoms with Gasteiger partial charge in [-0.15, -0.1) is 0 Å². The van der Waals surface area contributed by atoms with Crippen LogP contribution in [0.25, 0.3) is 0 Å². The van der Waals surface area contributed by atoms with Crippen molar-refractivity contribution in [2.45, 2.75) is 99.3 Å². The summed E-state index contributed by atoms with van der Waals surface area (Å²) >= 11 is 0. The lowest BCUT2D eigenvalue weighted by Gasteiger charge is -2.44. The Morgan fingerprint density at radius 1 is 0.741 bits per heavy atom. The molecular formula is C25H50N2. The number of hydrogen-bond donors (Lipinski definition) is 0. The highest BCUT2D eigenvalue weighted by molar-refractivity contribution is 4.86. The van der Waals surface area contributed by atoms with Crippen molar-refractivity contribution in [3.05, 3.63) is 0 Å². The van der Waals surface area contributed by atoms with Crippen molar-refractivity contribution >= 4 is 0 Å². The highest BCUT2D eigenvalue weighted by Crippen LogP contribution is 2.42. The predicted octanol–water partition coefficient (Wildman–Crippen LogP) is 6.45. The number of hydrogen-bond acceptors (Lipinski definition) is 2. The molecule has 0 aliphatic carbocycles. The molecule has 2 rings (SSSR count). The zero-order chi connectivity index (χ0) is 19.9. The third kappa shape index (κ3) is 7.03. The molecule has 0 radical (unpaired) electrons. The number of nitrogens with zero attached hydrogens (tertiary/aromatic N) is 2. The van der Waals surface area contributed by atoms with Gasteiger partial charge in [0.2, 0.25) is 0 Å². The molecule has 160 valence electrons. The van der Waals surface area contributed by atoms with Crippen LogP contribution in [0, 0.1) is 22.7 Å². The maximum atomic E-state index is 2.80. The average molecular weight is 379 g/mol. The molecule has 2 aliphatic heterocycles. The first-order valence-corrected chi connectivity index (χ1v) is 12.3. The van der Waals surface area contributed by atoms with Gasteiger partial charge in [0.15, 0.2) is 0 Å². The van der Waals surface area contributed by atoms with E-state index < -0.39 is 0 Å². The van der Waals surface area contributed by atoms with E-state index in [1.165, 1.54) is 97.1 Å². The topological polar surface area (TPSA) is 6.48 Å². The molecule has 0 saturated carbocycles. The SMILES string of the molecule is CCCC(C)(CC)C1CCN(CC2CCN(CCC(C)(C)CC)CC2)CC1. The molecule has 0 amide bonds. The van der Waals surface area contributed by atoms with Crippen LogP contribution in [0.4, 0.5) is 0 Å². The molecule has 2 saturated heterocycles. The highest BCUT2D eigenvalue weighted by atomic mass is 15.2. The minimum Gasteiger partial charge on any atom is -0.303 e. The third-order valence-corrected chi connectivity index (χ3v) is 8.49. The number of rotatable bonds is 10. The minimum absolute atomic E-state index is 0.520. The van der Waals surface area contributed by atoms with Crippen LogP contribution in [0.15, 0.2) is 0 Å². The van der Waals surface area contributed by atoms with Crippen molar-refractivity contribution in [3.63, 3.8) is 0 Å². The van der Waals surface area contributed by atoms with Gasteiger partial charge in [0.25, 0.3) is 0 Å². The minimum atomic E-state index is 0.520. The first-order chi connectivity index (χ1) is 12.8. The van der Waals surface area contributed by atoms with Crippen molar-refractivity contribution in [3.8, 4) is 0 Å². The van der Waals surface area contributed by atoms with E-state index in [2.05, 4.69) is 51.3 Å². The van der Waals surface area contributed by atoms with Crippen molar-refractivity contribution in [2.75, 3.05) is 39.3 Å². The molecule has 2 nitrogen and oxygen atoms in total. The molecule has 27 heavy (non-hydrogen) atoms. The van der Waals surface area contributed by atoms with E-state index in [-0.39, 0.29) is 0 Å². The Balaban J connectivity index is 1.67. The molecule has 2 aliphatic rings. The Labute approximate surface area is 171 Å². The summed E-state index contributed by atoms with van der Waals surface area (Å²) in [5.41, 5.74) is 1.12. The lowest BCUT2D eigenvalue weighted by molar-refractivity contribution is 0.0598. The molecule has 2 fully saturated rings. The second kappa shape index (κ2) is 10.6. The number of likely N-dealkylation sites (tertiary alicyclic amines) is 2. The van der Waals surface area contributed by atoms with Gasteiger partial charge in [0.05, 0.1) is 0 Å². The van der Waals surface area contributed by atoms with Gasteiger partial charge in [-0.05, 0) is 93.9 Å². The van der Waals surface area contributed by atoms with Gasteiger partial charge in [-0.3, -0.25) is 0 Å². The van der Waals surface area contributed by atoms with E-state index in [9.17, 15) is 0 Å². The Morgan fingerprint density at radius 2 is 1.33 bits per heavy atom. The molecule has 1 unspecified atom stereocenters. The van der Waals surface area contributed by atoms with Crippen molar-refractivity contribution < 1.29 is 0 Å². The van der Waals surface area contributed by atoms with Crippen LogP contribution in [0.5, 0.6) is 0 Å². The van der Waals surface area contributed by atoms with E-state index >= 15 is 0 Å². The predicted molar refractivity (Wildman–Crippen MR) is 120 cm³/mol. The van der Waals surface area contributed by atoms with Gasteiger partial charge in [-0.1, -0.05) is 60.8 Å². The van der Waals surface area contributed by atoms with Crippen molar-refractivity contribution in [1.29, 1.82) is 0 Å². The van der Waals surface area contributed by atoms with Crippen LogP contribution in [0.1, 0.15) is 99.3 Å². The molecule has 0 bridgehead atoms. The average Bonchev–Trinajstić information content (AvgIpc) is 2.68. The fourth-order valence-electron chi connectivity index (χ4n) is 5.45. The Hall–Kier alpha value is -0.0800. The maximum absolute atomic E-state index is 2.80. The van der Waals surface area contributed by atoms with Crippen LogP contribution < -0.4 is 0 Å². The summed E-state index contributed by atoms with van der Waals surface area (Å²) in [6.45, 7) is 22.6. The Kier molecular flexibility index (Phi) is 9.13. The quantitative estimate of drug-likeness (QED) is 0.431. The zero-order valence-corrected chi connectivity index (χ0v) is 19.7. The first kappa shape index (κ1) is 23.2. The van der Waals surface area contributed by atoms with Crippen LogP contribution in [0.2, 0.25) is 0 Å². The highest BCUT2D eigenvalue weighted by Gasteiger charge is 2.34. The summed E-state index contributed by atoms with van der Waals surface area (Å²) in [6.07, 6.45) is 12.5. The Bertz CT molecular complexity index is 403. The smallest absolute Gasteiger partial charge is 0.00106 e. The van der Waals surface area contributed by atoms with Gasteiger partial charge in [-0.2, -0.15) is 0 Å². The Morgan fingerprint density at radius 3 is 1.85 bits per heavy atom. The molecule has 2 heterocycles. The summed E-state index contributed by atoms with van der Waals surface area (Å²) in [6, 6.07) is 0. The molecule has 0 aromatic heterocycles. The van der Waals surface area contributed by atoms with Gasteiger partial charge >= 0.3 is 0 Å². The largest absolute Gasteiger partial charge is 0.303 e. The van der Waals surface area contributed by atoms with Gasteiger partial charge < -0.3 is 9.80 Å². The third-order valence-electron chi connectivity index (χ3n) is 8.49. The molecule has 0 N–H and O–H groups in total. The lowest BCUT2D eigenvalue weighted by Crippen LogP contribution is -2.44. The van der Waals surface area contributed by atoms with E-state index in [0.29, 0.717) is 10.8 Å². The second-order valence-electron chi connectivity index (χ2n) is 10.9. The fourth-order valence-corrected chi connectivity index (χ4v) is 5.45. The van der Waals surface area contributed by atoms with Crippen molar-refractivity contribution in [1.82, 2.24) is 9.80 Å². The van der Waals surface area contributed by atoms with Gasteiger partial charge in [0, 0.05) is 6.54 Å². The lowest BCUT2D eigenvalue weighted by atomic mass is 9.68. The molecule has 0 spiro atoms. The van der Waals surface area contributed by atoms with E-state index in [1.807, 2.05) is 0 Å². The molecule has 0 aromatic carbocycles. The molecule has 1 atom stereocenters. The summed E-state index contributed by atoms with van der Waals surface area (Å²) < 4.78 is 0. The van der Waals surface area contributed by atoms with Crippen molar-refractivity contribution in [2.24, 2.45) is 22.7 Å². The monoisotopic (exact) mass is 378 g/mol. The summed E-state index contributed by atoms with van der Waals surface area (Å²) in [5.74, 6) is 1.91. The number of piperidine rings is 2. The van der Waals surface area contributed by atoms with Gasteiger partial charge in [0.1, 0.15) is 0 Å². The van der Waals surface area contributed by atoms with Gasteiger partial charge in [-0.25, -0.2) is 0 Å². The normalized spacial score (nSPS) is 24.2. The van der Waals surface area contributed by atoms with Crippen LogP contribution in [-0.2, 0) is 0 Å². The summed E-state index contributed by atoms with van der Waals surface area (Å²) in [5, 5.41) is 0. The van der Waals surface area contributed by atoms with E-state index in [1.54, 1.807) is 0 Å². The maximum Gasteiger partial charge on any atom is 0.00106 e. The fraction of sp³-hybridized carbons (Fsp3) is 1.00. The zero-order valence-electron chi connectivity index (χ0n) is 19.7. The summed E-state index contributed by atoms with van der Waals surface area (Å²) in [4.78, 5) is 5.54. The molecular weight excluding hydrogens is 328 g/mol. The first-order valence-electron chi connectivity index (χ1n) is 12.3. The van der Waals surface area contributed by atoms with E-state index in [4.69, 9.17) is 0 Å². The van der Waals surface area contributed by atoms with E-state index in [0.717, 1.165) is 11.8 Å². The molecule has 0 aromatic rings. The summed E-state index contributed by atoms with van der Waals surface area (Å²) in [7, 11) is 0. The molecule has 2 heteroatoms. The van der Waals surface area contributed by atoms with Crippen LogP contribution >= 0.6 is 0 Å². The van der Waals surface area contributed by atoms with Crippen LogP contribution in [-0.4, -0.2) is 49.1 Å². The second-order valence-corrected chi connectivity index (χ2v) is 10.9. The standard InChI is InChI=1S/C25H50N2/c1-7-14-25(6,9-3)23-12-18-27(19-13-23)21-22-10-16-26(17-11-22)20-15-24(4,5)8-2/h22-23H,7-21H2,1-6H3.